The van der Waals surface area contributed by atoms with E-state index in [0.717, 1.165) is 0 Å². The zero-order chi connectivity index (χ0) is 21.6. The van der Waals surface area contributed by atoms with Gasteiger partial charge in [0.1, 0.15) is 16.9 Å². The Morgan fingerprint density at radius 3 is 2.28 bits per heavy atom. The van der Waals surface area contributed by atoms with Crippen molar-refractivity contribution >= 4 is 53.0 Å². The third-order valence-corrected chi connectivity index (χ3v) is 4.22. The summed E-state index contributed by atoms with van der Waals surface area (Å²) in [6.45, 7) is 4.91. The summed E-state index contributed by atoms with van der Waals surface area (Å²) >= 11 is 11.9. The van der Waals surface area contributed by atoms with Crippen molar-refractivity contribution in [1.82, 2.24) is 0 Å². The molecular weight excluding hydrogens is 421 g/mol. The van der Waals surface area contributed by atoms with Crippen molar-refractivity contribution in [3.8, 4) is 0 Å². The van der Waals surface area contributed by atoms with Crippen LogP contribution in [-0.4, -0.2) is 31.1 Å². The molecule has 0 radical (unpaired) electrons. The number of ether oxygens (including phenoxy) is 2. The average molecular weight is 440 g/mol. The van der Waals surface area contributed by atoms with Gasteiger partial charge in [-0.05, 0) is 44.5 Å². The molecule has 0 saturated carbocycles. The van der Waals surface area contributed by atoms with Gasteiger partial charge in [0.15, 0.2) is 0 Å². The lowest BCUT2D eigenvalue weighted by Gasteiger charge is -2.06. The summed E-state index contributed by atoms with van der Waals surface area (Å²) in [4.78, 5) is 36.9. The van der Waals surface area contributed by atoms with E-state index in [0.29, 0.717) is 15.6 Å². The van der Waals surface area contributed by atoms with Gasteiger partial charge in [-0.15, -0.1) is 0 Å². The Labute approximate surface area is 177 Å². The van der Waals surface area contributed by atoms with Gasteiger partial charge in [-0.3, -0.25) is 10.1 Å². The second kappa shape index (κ2) is 10.1. The monoisotopic (exact) mass is 439 g/mol. The molecule has 2 rings (SSSR count). The fourth-order valence-corrected chi connectivity index (χ4v) is 2.91. The number of hydrogen-bond donors (Lipinski definition) is 1. The van der Waals surface area contributed by atoms with Gasteiger partial charge >= 0.3 is 11.9 Å². The number of benzene rings is 1. The minimum absolute atomic E-state index is 0.0771. The van der Waals surface area contributed by atoms with Gasteiger partial charge in [-0.2, -0.15) is 0 Å². The third-order valence-electron chi connectivity index (χ3n) is 3.66. The van der Waals surface area contributed by atoms with E-state index < -0.39 is 17.8 Å². The van der Waals surface area contributed by atoms with E-state index in [-0.39, 0.29) is 36.0 Å². The van der Waals surface area contributed by atoms with Crippen LogP contribution in [0.25, 0.3) is 6.08 Å². The Morgan fingerprint density at radius 1 is 1.07 bits per heavy atom. The minimum atomic E-state index is -0.813. The minimum Gasteiger partial charge on any atom is -0.462 e. The van der Waals surface area contributed by atoms with Crippen molar-refractivity contribution in [2.24, 2.45) is 0 Å². The summed E-state index contributed by atoms with van der Waals surface area (Å²) in [5, 5.41) is 3.27. The van der Waals surface area contributed by atoms with E-state index in [9.17, 15) is 14.4 Å². The first-order valence-corrected chi connectivity index (χ1v) is 9.45. The maximum absolute atomic E-state index is 12.4. The number of aryl methyl sites for hydroxylation is 1. The number of hydrogen-bond acceptors (Lipinski definition) is 6. The number of furan rings is 1. The Balaban J connectivity index is 2.32. The van der Waals surface area contributed by atoms with Crippen molar-refractivity contribution in [3.63, 3.8) is 0 Å². The first kappa shape index (κ1) is 22.5. The number of amides is 1. The number of rotatable bonds is 7. The molecule has 1 N–H and O–H groups in total. The summed E-state index contributed by atoms with van der Waals surface area (Å²) < 4.78 is 15.4. The smallest absolute Gasteiger partial charge is 0.344 e. The number of carbonyl (C=O) groups is 3. The molecule has 1 heterocycles. The van der Waals surface area contributed by atoms with Crippen LogP contribution in [0.3, 0.4) is 0 Å². The predicted molar refractivity (Wildman–Crippen MR) is 109 cm³/mol. The average Bonchev–Trinajstić information content (AvgIpc) is 2.97. The van der Waals surface area contributed by atoms with Gasteiger partial charge in [-0.1, -0.05) is 29.3 Å². The Kier molecular flexibility index (Phi) is 7.87. The van der Waals surface area contributed by atoms with Crippen LogP contribution in [0.2, 0.25) is 10.0 Å². The van der Waals surface area contributed by atoms with Crippen LogP contribution in [0.4, 0.5) is 5.88 Å². The number of esters is 2. The normalized spacial score (nSPS) is 10.8. The lowest BCUT2D eigenvalue weighted by Crippen LogP contribution is -2.16. The van der Waals surface area contributed by atoms with Gasteiger partial charge in [0.2, 0.25) is 5.88 Å². The zero-order valence-electron chi connectivity index (χ0n) is 16.0. The summed E-state index contributed by atoms with van der Waals surface area (Å²) in [5.41, 5.74) is 0.277. The van der Waals surface area contributed by atoms with Crippen molar-refractivity contribution in [2.75, 3.05) is 18.5 Å². The fraction of sp³-hybridized carbons (Fsp3) is 0.250. The SMILES string of the molecule is CCOC(=O)c1c(C)oc(NC(=O)/C=C/c2ccc(Cl)cc2Cl)c1C(=O)OCC. The quantitative estimate of drug-likeness (QED) is 0.486. The molecule has 154 valence electrons. The van der Waals surface area contributed by atoms with E-state index in [2.05, 4.69) is 5.32 Å². The van der Waals surface area contributed by atoms with Crippen molar-refractivity contribution in [2.45, 2.75) is 20.8 Å². The lowest BCUT2D eigenvalue weighted by atomic mass is 10.1. The molecule has 29 heavy (non-hydrogen) atoms. The molecule has 1 aromatic heterocycles. The molecule has 2 aromatic rings. The maximum Gasteiger partial charge on any atom is 0.344 e. The number of nitrogens with one attached hydrogen (secondary N) is 1. The molecule has 0 fully saturated rings. The van der Waals surface area contributed by atoms with Gasteiger partial charge in [0, 0.05) is 16.1 Å². The Bertz CT molecular complexity index is 964. The summed E-state index contributed by atoms with van der Waals surface area (Å²) in [6, 6.07) is 4.82. The predicted octanol–water partition coefficient (Wildman–Crippen LogP) is 4.90. The van der Waals surface area contributed by atoms with Crippen LogP contribution < -0.4 is 5.32 Å². The van der Waals surface area contributed by atoms with Gasteiger partial charge in [0.05, 0.1) is 13.2 Å². The molecule has 9 heteroatoms. The standard InChI is InChI=1S/C20H19Cl2NO6/c1-4-27-19(25)16-11(3)29-18(17(16)20(26)28-5-2)23-15(24)9-7-12-6-8-13(21)10-14(12)22/h6-10H,4-5H2,1-3H3,(H,23,24)/b9-7+. The van der Waals surface area contributed by atoms with Crippen LogP contribution in [0, 0.1) is 6.92 Å². The zero-order valence-corrected chi connectivity index (χ0v) is 17.5. The highest BCUT2D eigenvalue weighted by atomic mass is 35.5. The van der Waals surface area contributed by atoms with Crippen LogP contribution in [0.15, 0.2) is 28.7 Å². The molecule has 0 atom stereocenters. The second-order valence-electron chi connectivity index (χ2n) is 5.67. The highest BCUT2D eigenvalue weighted by Gasteiger charge is 2.31. The number of halogens is 2. The number of carbonyl (C=O) groups excluding carboxylic acids is 3. The summed E-state index contributed by atoms with van der Waals surface area (Å²) in [7, 11) is 0. The largest absolute Gasteiger partial charge is 0.462 e. The topological polar surface area (TPSA) is 94.8 Å². The molecule has 0 aliphatic carbocycles. The molecule has 0 unspecified atom stereocenters. The Hall–Kier alpha value is -2.77. The summed E-state index contributed by atoms with van der Waals surface area (Å²) in [6.07, 6.45) is 2.67. The molecule has 0 aliphatic rings. The molecule has 1 aromatic carbocycles. The van der Waals surface area contributed by atoms with Gasteiger partial charge < -0.3 is 13.9 Å². The highest BCUT2D eigenvalue weighted by Crippen LogP contribution is 2.29. The van der Waals surface area contributed by atoms with E-state index >= 15 is 0 Å². The fourth-order valence-electron chi connectivity index (χ4n) is 2.44. The molecular formula is C20H19Cl2NO6. The third kappa shape index (κ3) is 5.62. The molecule has 0 spiro atoms. The molecule has 0 aliphatic heterocycles. The van der Waals surface area contributed by atoms with Gasteiger partial charge in [0.25, 0.3) is 5.91 Å². The summed E-state index contributed by atoms with van der Waals surface area (Å²) in [5.74, 6) is -2.26. The van der Waals surface area contributed by atoms with Crippen LogP contribution >= 0.6 is 23.2 Å². The molecule has 7 nitrogen and oxygen atoms in total. The molecule has 0 bridgehead atoms. The van der Waals surface area contributed by atoms with Crippen molar-refractivity contribution < 1.29 is 28.3 Å². The first-order valence-electron chi connectivity index (χ1n) is 8.70. The van der Waals surface area contributed by atoms with E-state index in [4.69, 9.17) is 37.1 Å². The lowest BCUT2D eigenvalue weighted by molar-refractivity contribution is -0.111. The number of anilines is 1. The Morgan fingerprint density at radius 2 is 1.69 bits per heavy atom. The van der Waals surface area contributed by atoms with Crippen LogP contribution in [0.1, 0.15) is 45.9 Å². The van der Waals surface area contributed by atoms with E-state index in [1.807, 2.05) is 0 Å². The van der Waals surface area contributed by atoms with Gasteiger partial charge in [-0.25, -0.2) is 9.59 Å². The van der Waals surface area contributed by atoms with E-state index in [1.165, 1.54) is 19.1 Å². The van der Waals surface area contributed by atoms with Crippen LogP contribution in [0.5, 0.6) is 0 Å². The molecule has 0 saturated heterocycles. The first-order chi connectivity index (χ1) is 13.8. The van der Waals surface area contributed by atoms with E-state index in [1.54, 1.807) is 32.0 Å². The van der Waals surface area contributed by atoms with Crippen molar-refractivity contribution in [1.29, 1.82) is 0 Å². The highest BCUT2D eigenvalue weighted by molar-refractivity contribution is 6.35. The van der Waals surface area contributed by atoms with Crippen molar-refractivity contribution in [3.05, 3.63) is 56.8 Å². The maximum atomic E-state index is 12.4. The van der Waals surface area contributed by atoms with Crippen LogP contribution in [-0.2, 0) is 14.3 Å². The molecule has 1 amide bonds. The second-order valence-corrected chi connectivity index (χ2v) is 6.51.